The van der Waals surface area contributed by atoms with E-state index in [-0.39, 0.29) is 17.9 Å². The van der Waals surface area contributed by atoms with Crippen LogP contribution in [0.4, 0.5) is 0 Å². The van der Waals surface area contributed by atoms with Gasteiger partial charge in [-0.25, -0.2) is 0 Å². The van der Waals surface area contributed by atoms with Gasteiger partial charge in [0.2, 0.25) is 5.91 Å². The van der Waals surface area contributed by atoms with Crippen molar-refractivity contribution in [2.45, 2.75) is 19.4 Å². The lowest BCUT2D eigenvalue weighted by atomic mass is 9.97. The molecule has 0 radical (unpaired) electrons. The summed E-state index contributed by atoms with van der Waals surface area (Å²) in [5.41, 5.74) is 2.13. The third-order valence-electron chi connectivity index (χ3n) is 4.19. The Kier molecular flexibility index (Phi) is 4.42. The average molecular weight is 334 g/mol. The molecule has 1 heterocycles. The molecule has 4 heteroatoms. The van der Waals surface area contributed by atoms with E-state index in [1.807, 2.05) is 60.4 Å². The number of hydrogen-bond donors (Lipinski definition) is 0. The van der Waals surface area contributed by atoms with Gasteiger partial charge in [0.1, 0.15) is 0 Å². The van der Waals surface area contributed by atoms with E-state index in [1.54, 1.807) is 0 Å². The number of carbonyl (C=O) groups is 1. The predicted octanol–water partition coefficient (Wildman–Crippen LogP) is 4.95. The fourth-order valence-corrected chi connectivity index (χ4v) is 3.20. The maximum Gasteiger partial charge on any atom is 0.226 e. The summed E-state index contributed by atoms with van der Waals surface area (Å²) in [5, 5.41) is 1.39. The van der Waals surface area contributed by atoms with Crippen LogP contribution < -0.4 is 0 Å². The zero-order valence-corrected chi connectivity index (χ0v) is 13.8. The summed E-state index contributed by atoms with van der Waals surface area (Å²) in [4.78, 5) is 14.5. The Morgan fingerprint density at radius 3 is 1.77 bits per heavy atom. The molecule has 0 spiro atoms. The Morgan fingerprint density at radius 1 is 0.955 bits per heavy atom. The van der Waals surface area contributed by atoms with Crippen molar-refractivity contribution in [3.05, 3.63) is 69.7 Å². The molecule has 1 atom stereocenters. The number of likely N-dealkylation sites (tertiary alicyclic amines) is 1. The van der Waals surface area contributed by atoms with Crippen LogP contribution in [0.25, 0.3) is 0 Å². The van der Waals surface area contributed by atoms with Crippen molar-refractivity contribution in [1.82, 2.24) is 4.90 Å². The number of halogens is 2. The van der Waals surface area contributed by atoms with Gasteiger partial charge in [-0.15, -0.1) is 0 Å². The molecule has 0 N–H and O–H groups in total. The molecule has 0 saturated carbocycles. The van der Waals surface area contributed by atoms with Crippen LogP contribution >= 0.6 is 23.2 Å². The van der Waals surface area contributed by atoms with Gasteiger partial charge in [0, 0.05) is 22.5 Å². The van der Waals surface area contributed by atoms with E-state index < -0.39 is 0 Å². The van der Waals surface area contributed by atoms with Crippen molar-refractivity contribution in [3.8, 4) is 0 Å². The van der Waals surface area contributed by atoms with E-state index in [2.05, 4.69) is 0 Å². The number of rotatable bonds is 3. The molecule has 2 aromatic rings. The Bertz CT molecular complexity index is 621. The van der Waals surface area contributed by atoms with Crippen molar-refractivity contribution in [3.63, 3.8) is 0 Å². The van der Waals surface area contributed by atoms with Crippen molar-refractivity contribution in [2.75, 3.05) is 6.54 Å². The Morgan fingerprint density at radius 2 is 1.41 bits per heavy atom. The highest BCUT2D eigenvalue weighted by Crippen LogP contribution is 2.34. The van der Waals surface area contributed by atoms with E-state index in [4.69, 9.17) is 23.2 Å². The lowest BCUT2D eigenvalue weighted by Gasteiger charge is -2.29. The normalized spacial score (nSPS) is 18.3. The Labute approximate surface area is 140 Å². The minimum absolute atomic E-state index is 0.0853. The van der Waals surface area contributed by atoms with Crippen molar-refractivity contribution < 1.29 is 4.79 Å². The molecule has 2 aromatic carbocycles. The summed E-state index contributed by atoms with van der Waals surface area (Å²) >= 11 is 12.0. The van der Waals surface area contributed by atoms with Crippen LogP contribution in [0, 0.1) is 5.92 Å². The van der Waals surface area contributed by atoms with Gasteiger partial charge < -0.3 is 4.90 Å². The van der Waals surface area contributed by atoms with Crippen LogP contribution in [0.5, 0.6) is 0 Å². The second-order valence-electron chi connectivity index (χ2n) is 5.73. The van der Waals surface area contributed by atoms with Gasteiger partial charge in [0.15, 0.2) is 0 Å². The van der Waals surface area contributed by atoms with E-state index in [0.717, 1.165) is 24.1 Å². The van der Waals surface area contributed by atoms with Crippen LogP contribution in [0.15, 0.2) is 48.5 Å². The van der Waals surface area contributed by atoms with Gasteiger partial charge in [0.25, 0.3) is 0 Å². The summed E-state index contributed by atoms with van der Waals surface area (Å²) < 4.78 is 0. The summed E-state index contributed by atoms with van der Waals surface area (Å²) in [6, 6.07) is 15.3. The van der Waals surface area contributed by atoms with Crippen LogP contribution in [-0.2, 0) is 4.79 Å². The van der Waals surface area contributed by atoms with E-state index >= 15 is 0 Å². The smallest absolute Gasteiger partial charge is 0.226 e. The molecular weight excluding hydrogens is 317 g/mol. The molecule has 0 unspecified atom stereocenters. The number of nitrogens with zero attached hydrogens (tertiary/aromatic N) is 1. The molecule has 1 amide bonds. The van der Waals surface area contributed by atoms with Crippen molar-refractivity contribution >= 4 is 29.1 Å². The van der Waals surface area contributed by atoms with E-state index in [9.17, 15) is 4.79 Å². The first kappa shape index (κ1) is 15.4. The first-order valence-corrected chi connectivity index (χ1v) is 8.13. The SMILES string of the molecule is C[C@@H]1CCN(C(c2ccc(Cl)cc2)c2ccc(Cl)cc2)C1=O. The van der Waals surface area contributed by atoms with E-state index in [1.165, 1.54) is 0 Å². The molecule has 2 nitrogen and oxygen atoms in total. The molecule has 22 heavy (non-hydrogen) atoms. The second-order valence-corrected chi connectivity index (χ2v) is 6.60. The average Bonchev–Trinajstić information content (AvgIpc) is 2.84. The van der Waals surface area contributed by atoms with Crippen molar-refractivity contribution in [1.29, 1.82) is 0 Å². The molecule has 1 fully saturated rings. The van der Waals surface area contributed by atoms with Gasteiger partial charge in [-0.3, -0.25) is 4.79 Å². The van der Waals surface area contributed by atoms with Crippen LogP contribution in [-0.4, -0.2) is 17.4 Å². The monoisotopic (exact) mass is 333 g/mol. The molecule has 0 aromatic heterocycles. The third-order valence-corrected chi connectivity index (χ3v) is 4.69. The maximum atomic E-state index is 12.5. The lowest BCUT2D eigenvalue weighted by Crippen LogP contribution is -2.32. The summed E-state index contributed by atoms with van der Waals surface area (Å²) in [5.74, 6) is 0.289. The number of hydrogen-bond acceptors (Lipinski definition) is 1. The standard InChI is InChI=1S/C18H17Cl2NO/c1-12-10-11-21(18(12)22)17(13-2-6-15(19)7-3-13)14-4-8-16(20)9-5-14/h2-9,12,17H,10-11H2,1H3/t12-/m1/s1. The summed E-state index contributed by atoms with van der Waals surface area (Å²) in [6.07, 6.45) is 0.899. The number of carbonyl (C=O) groups excluding carboxylic acids is 1. The minimum atomic E-state index is -0.0908. The predicted molar refractivity (Wildman–Crippen MR) is 90.2 cm³/mol. The largest absolute Gasteiger partial charge is 0.331 e. The Balaban J connectivity index is 2.04. The number of benzene rings is 2. The topological polar surface area (TPSA) is 20.3 Å². The fraction of sp³-hybridized carbons (Fsp3) is 0.278. The second kappa shape index (κ2) is 6.31. The maximum absolute atomic E-state index is 12.5. The third kappa shape index (κ3) is 2.99. The molecule has 1 aliphatic rings. The molecule has 3 rings (SSSR count). The van der Waals surface area contributed by atoms with Gasteiger partial charge in [-0.05, 0) is 41.8 Å². The highest BCUT2D eigenvalue weighted by atomic mass is 35.5. The quantitative estimate of drug-likeness (QED) is 0.778. The first-order chi connectivity index (χ1) is 10.6. The summed E-state index contributed by atoms with van der Waals surface area (Å²) in [7, 11) is 0. The van der Waals surface area contributed by atoms with Crippen LogP contribution in [0.2, 0.25) is 10.0 Å². The van der Waals surface area contributed by atoms with Crippen LogP contribution in [0.3, 0.4) is 0 Å². The first-order valence-electron chi connectivity index (χ1n) is 7.37. The minimum Gasteiger partial charge on any atom is -0.331 e. The molecular formula is C18H17Cl2NO. The zero-order chi connectivity index (χ0) is 15.7. The van der Waals surface area contributed by atoms with Gasteiger partial charge in [-0.1, -0.05) is 54.4 Å². The highest BCUT2D eigenvalue weighted by Gasteiger charge is 2.34. The Hall–Kier alpha value is -1.51. The van der Waals surface area contributed by atoms with Crippen LogP contribution in [0.1, 0.15) is 30.5 Å². The van der Waals surface area contributed by atoms with Crippen molar-refractivity contribution in [2.24, 2.45) is 5.92 Å². The van der Waals surface area contributed by atoms with Gasteiger partial charge in [0.05, 0.1) is 6.04 Å². The molecule has 1 aliphatic heterocycles. The van der Waals surface area contributed by atoms with Gasteiger partial charge >= 0.3 is 0 Å². The summed E-state index contributed by atoms with van der Waals surface area (Å²) in [6.45, 7) is 2.76. The van der Waals surface area contributed by atoms with E-state index in [0.29, 0.717) is 10.0 Å². The molecule has 0 bridgehead atoms. The molecule has 114 valence electrons. The molecule has 0 aliphatic carbocycles. The molecule has 1 saturated heterocycles. The fourth-order valence-electron chi connectivity index (χ4n) is 2.95. The lowest BCUT2D eigenvalue weighted by molar-refractivity contribution is -0.131. The zero-order valence-electron chi connectivity index (χ0n) is 12.3. The van der Waals surface area contributed by atoms with Gasteiger partial charge in [-0.2, -0.15) is 0 Å². The number of amides is 1. The highest BCUT2D eigenvalue weighted by molar-refractivity contribution is 6.30.